The van der Waals surface area contributed by atoms with Crippen molar-refractivity contribution in [2.24, 2.45) is 4.99 Å². The predicted octanol–water partition coefficient (Wildman–Crippen LogP) is 5.66. The first-order valence-electron chi connectivity index (χ1n) is 7.58. The van der Waals surface area contributed by atoms with Crippen molar-refractivity contribution in [2.45, 2.75) is 0 Å². The lowest BCUT2D eigenvalue weighted by molar-refractivity contribution is -0.115. The normalized spacial score (nSPS) is 16.7. The lowest BCUT2D eigenvalue weighted by Gasteiger charge is -2.11. The van der Waals surface area contributed by atoms with Crippen LogP contribution in [0.15, 0.2) is 44.7 Å². The van der Waals surface area contributed by atoms with Gasteiger partial charge in [0.25, 0.3) is 5.91 Å². The van der Waals surface area contributed by atoms with Gasteiger partial charge in [-0.3, -0.25) is 4.79 Å². The van der Waals surface area contributed by atoms with E-state index in [9.17, 15) is 4.79 Å². The molecule has 1 saturated heterocycles. The van der Waals surface area contributed by atoms with Gasteiger partial charge in [0.2, 0.25) is 0 Å². The molecular formula is C18H13BrCl2N2O3S. The van der Waals surface area contributed by atoms with Crippen molar-refractivity contribution >= 4 is 73.7 Å². The van der Waals surface area contributed by atoms with Crippen LogP contribution in [0.25, 0.3) is 6.08 Å². The number of methoxy groups -OCH3 is 2. The van der Waals surface area contributed by atoms with E-state index in [0.717, 1.165) is 4.47 Å². The maximum absolute atomic E-state index is 12.3. The first-order chi connectivity index (χ1) is 12.9. The monoisotopic (exact) mass is 486 g/mol. The van der Waals surface area contributed by atoms with Gasteiger partial charge in [0.15, 0.2) is 16.7 Å². The number of aliphatic imine (C=N–C) groups is 1. The van der Waals surface area contributed by atoms with E-state index >= 15 is 0 Å². The zero-order valence-electron chi connectivity index (χ0n) is 14.2. The van der Waals surface area contributed by atoms with Gasteiger partial charge in [-0.25, -0.2) is 4.99 Å². The maximum Gasteiger partial charge on any atom is 0.264 e. The lowest BCUT2D eigenvalue weighted by Crippen LogP contribution is -2.19. The Labute approximate surface area is 178 Å². The summed E-state index contributed by atoms with van der Waals surface area (Å²) < 4.78 is 11.6. The third-order valence-electron chi connectivity index (χ3n) is 3.56. The molecule has 1 aliphatic rings. The zero-order chi connectivity index (χ0) is 19.6. The minimum Gasteiger partial charge on any atom is -0.493 e. The summed E-state index contributed by atoms with van der Waals surface area (Å²) in [6.45, 7) is 0. The first-order valence-corrected chi connectivity index (χ1v) is 9.94. The number of carbonyl (C=O) groups is 1. The molecule has 1 amide bonds. The molecule has 140 valence electrons. The van der Waals surface area contributed by atoms with E-state index in [0.29, 0.717) is 42.9 Å². The number of hydrogen-bond donors (Lipinski definition) is 1. The fraction of sp³-hybridized carbons (Fsp3) is 0.111. The molecule has 1 N–H and O–H groups in total. The van der Waals surface area contributed by atoms with E-state index in [1.807, 2.05) is 6.07 Å². The number of hydrogen-bond acceptors (Lipinski definition) is 5. The van der Waals surface area contributed by atoms with Gasteiger partial charge < -0.3 is 14.8 Å². The molecule has 2 aromatic carbocycles. The van der Waals surface area contributed by atoms with Crippen LogP contribution < -0.4 is 14.8 Å². The Morgan fingerprint density at radius 3 is 2.70 bits per heavy atom. The van der Waals surface area contributed by atoms with Crippen LogP contribution in [0.3, 0.4) is 0 Å². The van der Waals surface area contributed by atoms with Crippen molar-refractivity contribution < 1.29 is 14.3 Å². The molecule has 2 aromatic rings. The van der Waals surface area contributed by atoms with Gasteiger partial charge in [0.05, 0.1) is 34.9 Å². The summed E-state index contributed by atoms with van der Waals surface area (Å²) in [6.07, 6.45) is 1.72. The Kier molecular flexibility index (Phi) is 6.37. The number of nitrogens with zero attached hydrogens (tertiary/aromatic N) is 1. The number of nitrogens with one attached hydrogen (secondary N) is 1. The molecule has 0 spiro atoms. The van der Waals surface area contributed by atoms with E-state index in [-0.39, 0.29) is 5.91 Å². The fourth-order valence-electron chi connectivity index (χ4n) is 2.38. The van der Waals surface area contributed by atoms with E-state index in [1.54, 1.807) is 44.6 Å². The zero-order valence-corrected chi connectivity index (χ0v) is 18.1. The summed E-state index contributed by atoms with van der Waals surface area (Å²) in [5, 5.41) is 3.86. The standard InChI is InChI=1S/C18H13BrCl2N2O3S/c1-25-13-8-10(19)6-9(16(13)26-2)7-14-17(24)23-18(27-14)22-12-5-3-4-11(20)15(12)21/h3-8H,1-2H3,(H,22,23,24)/b14-7+. The molecule has 0 saturated carbocycles. The van der Waals surface area contributed by atoms with Crippen molar-refractivity contribution in [3.8, 4) is 11.5 Å². The number of ether oxygens (including phenoxy) is 2. The topological polar surface area (TPSA) is 59.9 Å². The van der Waals surface area contributed by atoms with Gasteiger partial charge in [-0.1, -0.05) is 45.2 Å². The first kappa shape index (κ1) is 20.1. The van der Waals surface area contributed by atoms with E-state index < -0.39 is 0 Å². The van der Waals surface area contributed by atoms with Crippen LogP contribution in [-0.2, 0) is 4.79 Å². The molecule has 9 heteroatoms. The van der Waals surface area contributed by atoms with Gasteiger partial charge in [-0.2, -0.15) is 0 Å². The molecule has 1 heterocycles. The van der Waals surface area contributed by atoms with Crippen LogP contribution in [0.5, 0.6) is 11.5 Å². The smallest absolute Gasteiger partial charge is 0.264 e. The highest BCUT2D eigenvalue weighted by Gasteiger charge is 2.25. The third-order valence-corrected chi connectivity index (χ3v) is 5.74. The summed E-state index contributed by atoms with van der Waals surface area (Å²) in [5.41, 5.74) is 1.18. The van der Waals surface area contributed by atoms with E-state index in [2.05, 4.69) is 26.2 Å². The molecule has 3 rings (SSSR count). The summed E-state index contributed by atoms with van der Waals surface area (Å²) in [4.78, 5) is 17.2. The number of amidine groups is 1. The predicted molar refractivity (Wildman–Crippen MR) is 115 cm³/mol. The van der Waals surface area contributed by atoms with Gasteiger partial charge in [0, 0.05) is 10.0 Å². The van der Waals surface area contributed by atoms with Crippen LogP contribution in [0.1, 0.15) is 5.56 Å². The van der Waals surface area contributed by atoms with Crippen molar-refractivity contribution in [3.05, 3.63) is 55.3 Å². The molecule has 0 radical (unpaired) electrons. The Balaban J connectivity index is 1.96. The highest BCUT2D eigenvalue weighted by molar-refractivity contribution is 9.10. The van der Waals surface area contributed by atoms with Crippen molar-refractivity contribution in [2.75, 3.05) is 14.2 Å². The Morgan fingerprint density at radius 2 is 2.00 bits per heavy atom. The number of amides is 1. The SMILES string of the molecule is COc1cc(Br)cc(/C=C2/SC(=Nc3cccc(Cl)c3Cl)NC2=O)c1OC. The van der Waals surface area contributed by atoms with Gasteiger partial charge in [0.1, 0.15) is 0 Å². The second-order valence-corrected chi connectivity index (χ2v) is 8.02. The summed E-state index contributed by atoms with van der Waals surface area (Å²) in [7, 11) is 3.10. The molecule has 0 unspecified atom stereocenters. The Morgan fingerprint density at radius 1 is 1.22 bits per heavy atom. The largest absolute Gasteiger partial charge is 0.493 e. The molecule has 0 aliphatic carbocycles. The molecule has 0 aromatic heterocycles. The second kappa shape index (κ2) is 8.56. The number of halogens is 3. The molecule has 27 heavy (non-hydrogen) atoms. The van der Waals surface area contributed by atoms with Crippen LogP contribution in [0.2, 0.25) is 10.0 Å². The third kappa shape index (κ3) is 4.43. The molecular weight excluding hydrogens is 475 g/mol. The van der Waals surface area contributed by atoms with Gasteiger partial charge in [-0.15, -0.1) is 0 Å². The molecule has 0 atom stereocenters. The number of rotatable bonds is 4. The van der Waals surface area contributed by atoms with Crippen LogP contribution in [0, 0.1) is 0 Å². The number of carbonyl (C=O) groups excluding carboxylic acids is 1. The van der Waals surface area contributed by atoms with Crippen molar-refractivity contribution in [3.63, 3.8) is 0 Å². The maximum atomic E-state index is 12.3. The summed E-state index contributed by atoms with van der Waals surface area (Å²) >= 11 is 16.8. The van der Waals surface area contributed by atoms with Gasteiger partial charge >= 0.3 is 0 Å². The second-order valence-electron chi connectivity index (χ2n) is 5.29. The van der Waals surface area contributed by atoms with Gasteiger partial charge in [-0.05, 0) is 42.1 Å². The fourth-order valence-corrected chi connectivity index (χ4v) is 3.99. The molecule has 0 bridgehead atoms. The van der Waals surface area contributed by atoms with Crippen molar-refractivity contribution in [1.82, 2.24) is 5.32 Å². The molecule has 1 aliphatic heterocycles. The van der Waals surface area contributed by atoms with Crippen LogP contribution >= 0.6 is 50.9 Å². The van der Waals surface area contributed by atoms with E-state index in [4.69, 9.17) is 32.7 Å². The van der Waals surface area contributed by atoms with Crippen LogP contribution in [0.4, 0.5) is 5.69 Å². The minimum atomic E-state index is -0.266. The quantitative estimate of drug-likeness (QED) is 0.565. The average Bonchev–Trinajstić information content (AvgIpc) is 2.97. The van der Waals surface area contributed by atoms with Crippen LogP contribution in [-0.4, -0.2) is 25.3 Å². The Bertz CT molecular complexity index is 979. The van der Waals surface area contributed by atoms with Crippen molar-refractivity contribution in [1.29, 1.82) is 0 Å². The highest BCUT2D eigenvalue weighted by atomic mass is 79.9. The Hall–Kier alpha value is -1.67. The summed E-state index contributed by atoms with van der Waals surface area (Å²) in [6, 6.07) is 8.76. The lowest BCUT2D eigenvalue weighted by atomic mass is 10.1. The number of thioether (sulfide) groups is 1. The summed E-state index contributed by atoms with van der Waals surface area (Å²) in [5.74, 6) is 0.824. The van der Waals surface area contributed by atoms with E-state index in [1.165, 1.54) is 11.8 Å². The highest BCUT2D eigenvalue weighted by Crippen LogP contribution is 2.38. The average molecular weight is 488 g/mol. The molecule has 5 nitrogen and oxygen atoms in total. The minimum absolute atomic E-state index is 0.266. The number of benzene rings is 2. The molecule has 1 fully saturated rings.